The van der Waals surface area contributed by atoms with Crippen LogP contribution in [0.1, 0.15) is 22.3 Å². The molecule has 0 saturated carbocycles. The van der Waals surface area contributed by atoms with Crippen molar-refractivity contribution in [1.82, 2.24) is 4.57 Å². The van der Waals surface area contributed by atoms with Crippen LogP contribution in [0.15, 0.2) is 48.7 Å². The van der Waals surface area contributed by atoms with Gasteiger partial charge < -0.3 is 4.57 Å². The predicted molar refractivity (Wildman–Crippen MR) is 81.7 cm³/mol. The minimum Gasteiger partial charge on any atom is -0.343 e. The van der Waals surface area contributed by atoms with E-state index in [2.05, 4.69) is 54.9 Å². The zero-order valence-corrected chi connectivity index (χ0v) is 11.7. The summed E-state index contributed by atoms with van der Waals surface area (Å²) in [5, 5.41) is 10.1. The quantitative estimate of drug-likeness (QED) is 0.679. The lowest BCUT2D eigenvalue weighted by molar-refractivity contribution is 0.829. The van der Waals surface area contributed by atoms with Crippen LogP contribution >= 0.6 is 0 Å². The molecule has 3 rings (SSSR count). The summed E-state index contributed by atoms with van der Waals surface area (Å²) >= 11 is 0. The molecule has 0 unspecified atom stereocenters. The van der Waals surface area contributed by atoms with E-state index in [4.69, 9.17) is 5.26 Å². The van der Waals surface area contributed by atoms with Gasteiger partial charge in [-0.15, -0.1) is 0 Å². The molecule has 0 fully saturated rings. The second-order valence-corrected chi connectivity index (χ2v) is 5.26. The second-order valence-electron chi connectivity index (χ2n) is 5.26. The Balaban J connectivity index is 2.03. The van der Waals surface area contributed by atoms with Gasteiger partial charge in [-0.3, -0.25) is 0 Å². The van der Waals surface area contributed by atoms with Gasteiger partial charge in [0.05, 0.1) is 11.6 Å². The molecule has 1 aromatic heterocycles. The number of fused-ring (bicyclic) bond motifs is 1. The van der Waals surface area contributed by atoms with Crippen molar-refractivity contribution in [2.24, 2.45) is 0 Å². The summed E-state index contributed by atoms with van der Waals surface area (Å²) in [7, 11) is 0. The topological polar surface area (TPSA) is 28.7 Å². The Hall–Kier alpha value is -2.53. The molecular weight excluding hydrogens is 244 g/mol. The fourth-order valence-electron chi connectivity index (χ4n) is 2.56. The van der Waals surface area contributed by atoms with Gasteiger partial charge >= 0.3 is 0 Å². The lowest BCUT2D eigenvalue weighted by atomic mass is 10.1. The van der Waals surface area contributed by atoms with E-state index in [1.54, 1.807) is 0 Å². The normalized spacial score (nSPS) is 10.7. The Morgan fingerprint density at radius 1 is 1.05 bits per heavy atom. The van der Waals surface area contributed by atoms with Gasteiger partial charge in [-0.25, -0.2) is 0 Å². The number of rotatable bonds is 2. The number of aryl methyl sites for hydroxylation is 2. The summed E-state index contributed by atoms with van der Waals surface area (Å²) in [5.74, 6) is 0. The number of benzene rings is 2. The molecule has 0 aliphatic rings. The van der Waals surface area contributed by atoms with Crippen molar-refractivity contribution in [2.45, 2.75) is 20.4 Å². The molecular formula is C18H16N2. The number of nitrogens with zero attached hydrogens (tertiary/aromatic N) is 2. The lowest BCUT2D eigenvalue weighted by Gasteiger charge is -2.10. The van der Waals surface area contributed by atoms with Crippen LogP contribution in [-0.2, 0) is 6.54 Å². The molecule has 2 nitrogen and oxygen atoms in total. The molecule has 0 aliphatic heterocycles. The van der Waals surface area contributed by atoms with E-state index in [-0.39, 0.29) is 0 Å². The third-order valence-electron chi connectivity index (χ3n) is 3.75. The molecule has 20 heavy (non-hydrogen) atoms. The van der Waals surface area contributed by atoms with Crippen molar-refractivity contribution in [1.29, 1.82) is 5.26 Å². The summed E-state index contributed by atoms with van der Waals surface area (Å²) in [6, 6.07) is 16.7. The molecule has 0 aliphatic carbocycles. The maximum Gasteiger partial charge on any atom is 0.0991 e. The van der Waals surface area contributed by atoms with Crippen molar-refractivity contribution in [3.8, 4) is 6.07 Å². The van der Waals surface area contributed by atoms with E-state index in [1.807, 2.05) is 18.2 Å². The SMILES string of the molecule is Cc1ccc(C)c(Cn2ccc3cc(C#N)ccc32)c1. The highest BCUT2D eigenvalue weighted by molar-refractivity contribution is 5.81. The first kappa shape index (κ1) is 12.5. The minimum absolute atomic E-state index is 0.710. The largest absolute Gasteiger partial charge is 0.343 e. The summed E-state index contributed by atoms with van der Waals surface area (Å²) in [6.07, 6.45) is 2.09. The third kappa shape index (κ3) is 2.19. The Kier molecular flexibility index (Phi) is 3.04. The second kappa shape index (κ2) is 4.86. The van der Waals surface area contributed by atoms with E-state index in [0.717, 1.165) is 11.9 Å². The average molecular weight is 260 g/mol. The number of nitriles is 1. The van der Waals surface area contributed by atoms with Crippen molar-refractivity contribution in [3.05, 3.63) is 70.9 Å². The van der Waals surface area contributed by atoms with Crippen molar-refractivity contribution < 1.29 is 0 Å². The van der Waals surface area contributed by atoms with Gasteiger partial charge in [0.2, 0.25) is 0 Å². The molecule has 0 amide bonds. The Labute approximate surface area is 118 Å². The standard InChI is InChI=1S/C18H16N2/c1-13-3-4-14(2)17(9-13)12-20-8-7-16-10-15(11-19)5-6-18(16)20/h3-10H,12H2,1-2H3. The van der Waals surface area contributed by atoms with Crippen LogP contribution in [0, 0.1) is 25.2 Å². The maximum absolute atomic E-state index is 8.95. The van der Waals surface area contributed by atoms with Gasteiger partial charge in [-0.05, 0) is 49.2 Å². The van der Waals surface area contributed by atoms with E-state index in [1.165, 1.54) is 22.2 Å². The molecule has 98 valence electrons. The molecule has 0 spiro atoms. The first-order chi connectivity index (χ1) is 9.67. The van der Waals surface area contributed by atoms with Gasteiger partial charge in [0.1, 0.15) is 0 Å². The average Bonchev–Trinajstić information content (AvgIpc) is 2.85. The molecule has 0 saturated heterocycles. The highest BCUT2D eigenvalue weighted by Gasteiger charge is 2.05. The van der Waals surface area contributed by atoms with Crippen LogP contribution in [0.2, 0.25) is 0 Å². The van der Waals surface area contributed by atoms with E-state index >= 15 is 0 Å². The molecule has 0 N–H and O–H groups in total. The van der Waals surface area contributed by atoms with Crippen LogP contribution in [-0.4, -0.2) is 4.57 Å². The molecule has 1 heterocycles. The smallest absolute Gasteiger partial charge is 0.0991 e. The molecule has 2 heteroatoms. The first-order valence-corrected chi connectivity index (χ1v) is 6.72. The lowest BCUT2D eigenvalue weighted by Crippen LogP contribution is -2.00. The minimum atomic E-state index is 0.710. The predicted octanol–water partition coefficient (Wildman–Crippen LogP) is 4.18. The van der Waals surface area contributed by atoms with Gasteiger partial charge in [-0.2, -0.15) is 5.26 Å². The zero-order valence-electron chi connectivity index (χ0n) is 11.7. The summed E-state index contributed by atoms with van der Waals surface area (Å²) in [4.78, 5) is 0. The maximum atomic E-state index is 8.95. The molecule has 2 aromatic carbocycles. The van der Waals surface area contributed by atoms with Gasteiger partial charge in [0.25, 0.3) is 0 Å². The Morgan fingerprint density at radius 3 is 2.70 bits per heavy atom. The Bertz CT molecular complexity index is 819. The van der Waals surface area contributed by atoms with E-state index in [0.29, 0.717) is 5.56 Å². The highest BCUT2D eigenvalue weighted by atomic mass is 14.9. The summed E-state index contributed by atoms with van der Waals surface area (Å²) in [5.41, 5.74) is 5.82. The third-order valence-corrected chi connectivity index (χ3v) is 3.75. The fourth-order valence-corrected chi connectivity index (χ4v) is 2.56. The molecule has 3 aromatic rings. The van der Waals surface area contributed by atoms with Crippen molar-refractivity contribution >= 4 is 10.9 Å². The molecule has 0 bridgehead atoms. The van der Waals surface area contributed by atoms with E-state index < -0.39 is 0 Å². The summed E-state index contributed by atoms with van der Waals surface area (Å²) < 4.78 is 2.23. The van der Waals surface area contributed by atoms with Crippen LogP contribution in [0.25, 0.3) is 10.9 Å². The van der Waals surface area contributed by atoms with Crippen molar-refractivity contribution in [3.63, 3.8) is 0 Å². The summed E-state index contributed by atoms with van der Waals surface area (Å²) in [6.45, 7) is 5.13. The number of aromatic nitrogens is 1. The first-order valence-electron chi connectivity index (χ1n) is 6.72. The van der Waals surface area contributed by atoms with Gasteiger partial charge in [0.15, 0.2) is 0 Å². The highest BCUT2D eigenvalue weighted by Crippen LogP contribution is 2.20. The zero-order chi connectivity index (χ0) is 14.1. The van der Waals surface area contributed by atoms with Crippen LogP contribution < -0.4 is 0 Å². The monoisotopic (exact) mass is 260 g/mol. The number of hydrogen-bond acceptors (Lipinski definition) is 1. The van der Waals surface area contributed by atoms with Gasteiger partial charge in [-0.1, -0.05) is 23.8 Å². The van der Waals surface area contributed by atoms with Crippen LogP contribution in [0.4, 0.5) is 0 Å². The van der Waals surface area contributed by atoms with E-state index in [9.17, 15) is 0 Å². The number of hydrogen-bond donors (Lipinski definition) is 0. The van der Waals surface area contributed by atoms with Crippen LogP contribution in [0.5, 0.6) is 0 Å². The molecule has 0 radical (unpaired) electrons. The molecule has 0 atom stereocenters. The fraction of sp³-hybridized carbons (Fsp3) is 0.167. The van der Waals surface area contributed by atoms with Crippen molar-refractivity contribution in [2.75, 3.05) is 0 Å². The Morgan fingerprint density at radius 2 is 1.90 bits per heavy atom. The van der Waals surface area contributed by atoms with Crippen LogP contribution in [0.3, 0.4) is 0 Å². The van der Waals surface area contributed by atoms with Gasteiger partial charge in [0, 0.05) is 23.6 Å².